The average molecular weight is 199 g/mol. The second-order valence-electron chi connectivity index (χ2n) is 3.15. The molecule has 1 heterocycles. The van der Waals surface area contributed by atoms with Crippen LogP contribution >= 0.6 is 11.8 Å². The van der Waals surface area contributed by atoms with Crippen molar-refractivity contribution in [1.82, 2.24) is 5.32 Å². The van der Waals surface area contributed by atoms with E-state index in [9.17, 15) is 13.2 Å². The van der Waals surface area contributed by atoms with Crippen LogP contribution in [0.5, 0.6) is 0 Å². The molecular formula is C7H12F3NS. The van der Waals surface area contributed by atoms with Gasteiger partial charge in [0.25, 0.3) is 0 Å². The summed E-state index contributed by atoms with van der Waals surface area (Å²) >= 11 is 1.38. The molecule has 0 amide bonds. The van der Waals surface area contributed by atoms with Crippen LogP contribution in [-0.4, -0.2) is 30.3 Å². The smallest absolute Gasteiger partial charge is 0.305 e. The van der Waals surface area contributed by atoms with Crippen molar-refractivity contribution in [2.24, 2.45) is 5.92 Å². The number of nitrogens with one attached hydrogen (secondary N) is 1. The predicted molar refractivity (Wildman–Crippen MR) is 44.3 cm³/mol. The summed E-state index contributed by atoms with van der Waals surface area (Å²) in [5.74, 6) is 1.30. The fraction of sp³-hybridized carbons (Fsp3) is 1.00. The number of hydrogen-bond acceptors (Lipinski definition) is 2. The molecule has 0 aromatic heterocycles. The third kappa shape index (κ3) is 2.86. The minimum absolute atomic E-state index is 0.147. The molecule has 0 aromatic carbocycles. The van der Waals surface area contributed by atoms with E-state index in [0.29, 0.717) is 12.5 Å². The van der Waals surface area contributed by atoms with E-state index in [4.69, 9.17) is 0 Å². The van der Waals surface area contributed by atoms with Crippen molar-refractivity contribution in [2.75, 3.05) is 18.1 Å². The third-order valence-electron chi connectivity index (χ3n) is 1.79. The molecule has 0 spiro atoms. The van der Waals surface area contributed by atoms with Crippen LogP contribution < -0.4 is 5.32 Å². The van der Waals surface area contributed by atoms with Gasteiger partial charge in [-0.1, -0.05) is 6.92 Å². The van der Waals surface area contributed by atoms with Crippen molar-refractivity contribution in [2.45, 2.75) is 19.1 Å². The summed E-state index contributed by atoms with van der Waals surface area (Å²) in [6.07, 6.45) is -4.09. The van der Waals surface area contributed by atoms with Gasteiger partial charge in [0.1, 0.15) is 6.04 Å². The van der Waals surface area contributed by atoms with E-state index in [1.165, 1.54) is 11.8 Å². The Balaban J connectivity index is 2.46. The SMILES string of the molecule is CC1CNC(C(F)(F)F)CSC1. The maximum Gasteiger partial charge on any atom is 0.404 e. The maximum atomic E-state index is 12.2. The Hall–Kier alpha value is 0.100. The van der Waals surface area contributed by atoms with E-state index < -0.39 is 12.2 Å². The molecule has 1 aliphatic rings. The highest BCUT2D eigenvalue weighted by atomic mass is 32.2. The first-order valence-corrected chi connectivity index (χ1v) is 5.03. The van der Waals surface area contributed by atoms with Gasteiger partial charge in [0.2, 0.25) is 0 Å². The standard InChI is InChI=1S/C7H12F3NS/c1-5-2-11-6(4-12-3-5)7(8,9)10/h5-6,11H,2-4H2,1H3. The van der Waals surface area contributed by atoms with Gasteiger partial charge in [-0.15, -0.1) is 0 Å². The molecule has 0 aliphatic carbocycles. The highest BCUT2D eigenvalue weighted by molar-refractivity contribution is 7.99. The van der Waals surface area contributed by atoms with Crippen LogP contribution in [0.25, 0.3) is 0 Å². The fourth-order valence-corrected chi connectivity index (χ4v) is 2.26. The van der Waals surface area contributed by atoms with Gasteiger partial charge in [0, 0.05) is 5.75 Å². The second kappa shape index (κ2) is 3.87. The van der Waals surface area contributed by atoms with Crippen LogP contribution in [-0.2, 0) is 0 Å². The molecule has 1 aliphatic heterocycles. The zero-order chi connectivity index (χ0) is 9.19. The Morgan fingerprint density at radius 1 is 1.33 bits per heavy atom. The zero-order valence-corrected chi connectivity index (χ0v) is 7.63. The van der Waals surface area contributed by atoms with Gasteiger partial charge in [-0.25, -0.2) is 0 Å². The van der Waals surface area contributed by atoms with E-state index in [1.54, 1.807) is 0 Å². The van der Waals surface area contributed by atoms with E-state index >= 15 is 0 Å². The van der Waals surface area contributed by atoms with Crippen LogP contribution in [0.3, 0.4) is 0 Å². The van der Waals surface area contributed by atoms with Crippen molar-refractivity contribution in [3.05, 3.63) is 0 Å². The van der Waals surface area contributed by atoms with Crippen LogP contribution in [0.15, 0.2) is 0 Å². The molecule has 1 saturated heterocycles. The molecule has 12 heavy (non-hydrogen) atoms. The molecule has 1 N–H and O–H groups in total. The van der Waals surface area contributed by atoms with E-state index in [0.717, 1.165) is 5.75 Å². The Morgan fingerprint density at radius 3 is 2.58 bits per heavy atom. The van der Waals surface area contributed by atoms with Gasteiger partial charge >= 0.3 is 6.18 Å². The van der Waals surface area contributed by atoms with Crippen molar-refractivity contribution in [3.63, 3.8) is 0 Å². The van der Waals surface area contributed by atoms with E-state index in [-0.39, 0.29) is 5.75 Å². The zero-order valence-electron chi connectivity index (χ0n) is 6.82. The lowest BCUT2D eigenvalue weighted by atomic mass is 10.2. The molecule has 2 unspecified atom stereocenters. The van der Waals surface area contributed by atoms with Gasteiger partial charge in [-0.2, -0.15) is 24.9 Å². The molecule has 2 atom stereocenters. The van der Waals surface area contributed by atoms with Gasteiger partial charge in [-0.3, -0.25) is 0 Å². The van der Waals surface area contributed by atoms with Gasteiger partial charge < -0.3 is 5.32 Å². The molecule has 0 bridgehead atoms. The fourth-order valence-electron chi connectivity index (χ4n) is 1.06. The summed E-state index contributed by atoms with van der Waals surface area (Å²) in [5.41, 5.74) is 0. The summed E-state index contributed by atoms with van der Waals surface area (Å²) < 4.78 is 36.5. The number of thioether (sulfide) groups is 1. The Bertz CT molecular complexity index is 148. The van der Waals surface area contributed by atoms with Crippen LogP contribution in [0.4, 0.5) is 13.2 Å². The van der Waals surface area contributed by atoms with Crippen LogP contribution in [0, 0.1) is 5.92 Å². The summed E-state index contributed by atoms with van der Waals surface area (Å²) in [5, 5.41) is 2.53. The lowest BCUT2D eigenvalue weighted by molar-refractivity contribution is -0.150. The van der Waals surface area contributed by atoms with Crippen LogP contribution in [0.1, 0.15) is 6.92 Å². The van der Waals surface area contributed by atoms with E-state index in [1.807, 2.05) is 6.92 Å². The third-order valence-corrected chi connectivity index (χ3v) is 3.17. The van der Waals surface area contributed by atoms with E-state index in [2.05, 4.69) is 5.32 Å². The number of alkyl halides is 3. The summed E-state index contributed by atoms with van der Waals surface area (Å²) in [7, 11) is 0. The molecule has 1 fully saturated rings. The highest BCUT2D eigenvalue weighted by Crippen LogP contribution is 2.25. The Labute approximate surface area is 74.1 Å². The Morgan fingerprint density at radius 2 is 2.00 bits per heavy atom. The maximum absolute atomic E-state index is 12.2. The first-order valence-electron chi connectivity index (χ1n) is 3.88. The quantitative estimate of drug-likeness (QED) is 0.639. The molecule has 0 radical (unpaired) electrons. The first-order chi connectivity index (χ1) is 5.50. The van der Waals surface area contributed by atoms with Crippen molar-refractivity contribution < 1.29 is 13.2 Å². The van der Waals surface area contributed by atoms with Crippen LogP contribution in [0.2, 0.25) is 0 Å². The normalized spacial score (nSPS) is 33.0. The summed E-state index contributed by atoms with van der Waals surface area (Å²) in [6.45, 7) is 2.43. The van der Waals surface area contributed by atoms with Gasteiger partial charge in [0.05, 0.1) is 0 Å². The number of rotatable bonds is 0. The molecular weight excluding hydrogens is 187 g/mol. The Kier molecular flexibility index (Phi) is 3.29. The molecule has 0 saturated carbocycles. The topological polar surface area (TPSA) is 12.0 Å². The second-order valence-corrected chi connectivity index (χ2v) is 4.22. The molecule has 1 nitrogen and oxygen atoms in total. The molecule has 5 heteroatoms. The van der Waals surface area contributed by atoms with Crippen molar-refractivity contribution in [3.8, 4) is 0 Å². The van der Waals surface area contributed by atoms with Gasteiger partial charge in [0.15, 0.2) is 0 Å². The monoisotopic (exact) mass is 199 g/mol. The minimum atomic E-state index is -4.09. The minimum Gasteiger partial charge on any atom is -0.305 e. The first kappa shape index (κ1) is 10.2. The van der Waals surface area contributed by atoms with Gasteiger partial charge in [-0.05, 0) is 18.2 Å². The lowest BCUT2D eigenvalue weighted by Gasteiger charge is -2.18. The molecule has 0 aromatic rings. The summed E-state index contributed by atoms with van der Waals surface area (Å²) in [6, 6.07) is -1.31. The molecule has 1 rings (SSSR count). The average Bonchev–Trinajstić information content (AvgIpc) is 2.11. The van der Waals surface area contributed by atoms with Crippen molar-refractivity contribution in [1.29, 1.82) is 0 Å². The number of halogens is 3. The number of hydrogen-bond donors (Lipinski definition) is 1. The lowest BCUT2D eigenvalue weighted by Crippen LogP contribution is -2.44. The largest absolute Gasteiger partial charge is 0.404 e. The highest BCUT2D eigenvalue weighted by Gasteiger charge is 2.40. The predicted octanol–water partition coefficient (Wildman–Crippen LogP) is 1.89. The van der Waals surface area contributed by atoms with Crippen molar-refractivity contribution >= 4 is 11.8 Å². The summed E-state index contributed by atoms with van der Waals surface area (Å²) in [4.78, 5) is 0. The molecule has 72 valence electrons.